The maximum Gasteiger partial charge on any atom is 0.309 e. The summed E-state index contributed by atoms with van der Waals surface area (Å²) in [6.45, 7) is 6.20. The van der Waals surface area contributed by atoms with Crippen LogP contribution in [0.25, 0.3) is 5.70 Å². The SMILES string of the molecule is COC(=O)C1CCC(=NC(C)(C)C)C(=C(N)c2cc[nH+]cc2)C1. The number of nitrogens with zero attached hydrogens (tertiary/aromatic N) is 1. The van der Waals surface area contributed by atoms with Gasteiger partial charge in [0.2, 0.25) is 0 Å². The molecule has 1 aromatic heterocycles. The highest BCUT2D eigenvalue weighted by atomic mass is 16.5. The average Bonchev–Trinajstić information content (AvgIpc) is 2.53. The van der Waals surface area contributed by atoms with E-state index in [2.05, 4.69) is 25.8 Å². The van der Waals surface area contributed by atoms with E-state index in [1.807, 2.05) is 24.5 Å². The van der Waals surface area contributed by atoms with Gasteiger partial charge < -0.3 is 10.5 Å². The second-order valence-electron chi connectivity index (χ2n) is 6.87. The van der Waals surface area contributed by atoms with E-state index in [4.69, 9.17) is 15.5 Å². The predicted octanol–water partition coefficient (Wildman–Crippen LogP) is 2.38. The Kier molecular flexibility index (Phi) is 5.19. The summed E-state index contributed by atoms with van der Waals surface area (Å²) in [5.74, 6) is -0.325. The number of carbonyl (C=O) groups excluding carboxylic acids is 1. The van der Waals surface area contributed by atoms with Gasteiger partial charge >= 0.3 is 5.97 Å². The first-order valence-corrected chi connectivity index (χ1v) is 7.94. The zero-order valence-corrected chi connectivity index (χ0v) is 14.3. The second-order valence-corrected chi connectivity index (χ2v) is 6.87. The molecule has 1 atom stereocenters. The number of allylic oxidation sites excluding steroid dienone is 1. The van der Waals surface area contributed by atoms with Crippen molar-refractivity contribution >= 4 is 17.4 Å². The molecule has 1 fully saturated rings. The topological polar surface area (TPSA) is 78.8 Å². The van der Waals surface area contributed by atoms with Gasteiger partial charge in [-0.25, -0.2) is 4.98 Å². The van der Waals surface area contributed by atoms with Crippen LogP contribution in [0.5, 0.6) is 0 Å². The number of pyridine rings is 1. The van der Waals surface area contributed by atoms with Crippen molar-refractivity contribution in [2.75, 3.05) is 7.11 Å². The van der Waals surface area contributed by atoms with Gasteiger partial charge in [-0.05, 0) is 45.6 Å². The Hall–Kier alpha value is -2.17. The fraction of sp³-hybridized carbons (Fsp3) is 0.500. The Labute approximate surface area is 137 Å². The third-order valence-corrected chi connectivity index (χ3v) is 3.89. The van der Waals surface area contributed by atoms with Crippen LogP contribution in [0, 0.1) is 5.92 Å². The summed E-state index contributed by atoms with van der Waals surface area (Å²) in [7, 11) is 1.43. The number of hydrogen-bond donors (Lipinski definition) is 1. The van der Waals surface area contributed by atoms with Crippen LogP contribution in [0.4, 0.5) is 0 Å². The van der Waals surface area contributed by atoms with Gasteiger partial charge in [-0.3, -0.25) is 9.79 Å². The Morgan fingerprint density at radius 2 is 2.00 bits per heavy atom. The average molecular weight is 316 g/mol. The van der Waals surface area contributed by atoms with Crippen LogP contribution >= 0.6 is 0 Å². The minimum absolute atomic E-state index is 0.150. The highest BCUT2D eigenvalue weighted by Gasteiger charge is 2.30. The first-order valence-electron chi connectivity index (χ1n) is 7.94. The molecular formula is C18H26N3O2+. The number of nitrogens with one attached hydrogen (secondary N) is 1. The monoisotopic (exact) mass is 316 g/mol. The quantitative estimate of drug-likeness (QED) is 0.851. The number of hydrogen-bond acceptors (Lipinski definition) is 4. The molecule has 0 bridgehead atoms. The van der Waals surface area contributed by atoms with E-state index in [-0.39, 0.29) is 17.4 Å². The molecule has 1 aliphatic rings. The highest BCUT2D eigenvalue weighted by molar-refractivity contribution is 6.07. The first kappa shape index (κ1) is 17.2. The number of ether oxygens (including phenoxy) is 1. The molecule has 0 saturated heterocycles. The molecule has 5 heteroatoms. The third kappa shape index (κ3) is 4.41. The van der Waals surface area contributed by atoms with E-state index in [1.165, 1.54) is 7.11 Å². The van der Waals surface area contributed by atoms with Crippen molar-refractivity contribution in [1.82, 2.24) is 0 Å². The fourth-order valence-corrected chi connectivity index (χ4v) is 2.83. The molecule has 124 valence electrons. The van der Waals surface area contributed by atoms with Crippen LogP contribution in [0.2, 0.25) is 0 Å². The molecule has 1 saturated carbocycles. The van der Waals surface area contributed by atoms with Gasteiger partial charge in [0.05, 0.1) is 18.6 Å². The molecule has 0 radical (unpaired) electrons. The zero-order chi connectivity index (χ0) is 17.0. The zero-order valence-electron chi connectivity index (χ0n) is 14.3. The van der Waals surface area contributed by atoms with E-state index < -0.39 is 0 Å². The minimum atomic E-state index is -0.177. The largest absolute Gasteiger partial charge is 0.469 e. The molecule has 5 nitrogen and oxygen atoms in total. The Bertz CT molecular complexity index is 627. The van der Waals surface area contributed by atoms with Gasteiger partial charge in [0.15, 0.2) is 12.4 Å². The molecule has 23 heavy (non-hydrogen) atoms. The molecule has 1 aromatic rings. The van der Waals surface area contributed by atoms with Gasteiger partial charge in [-0.2, -0.15) is 0 Å². The summed E-state index contributed by atoms with van der Waals surface area (Å²) in [6, 6.07) is 3.86. The lowest BCUT2D eigenvalue weighted by atomic mass is 9.82. The van der Waals surface area contributed by atoms with Crippen molar-refractivity contribution in [3.05, 3.63) is 35.7 Å². The number of methoxy groups -OCH3 is 1. The number of esters is 1. The van der Waals surface area contributed by atoms with Gasteiger partial charge in [-0.15, -0.1) is 0 Å². The molecule has 0 aliphatic heterocycles. The van der Waals surface area contributed by atoms with Crippen molar-refractivity contribution in [2.24, 2.45) is 16.6 Å². The molecule has 2 rings (SSSR count). The summed E-state index contributed by atoms with van der Waals surface area (Å²) in [5.41, 5.74) is 9.83. The first-order chi connectivity index (χ1) is 10.8. The number of aliphatic imine (C=N–C) groups is 1. The van der Waals surface area contributed by atoms with Crippen molar-refractivity contribution in [3.63, 3.8) is 0 Å². The molecule has 3 N–H and O–H groups in total. The lowest BCUT2D eigenvalue weighted by Gasteiger charge is -2.27. The van der Waals surface area contributed by atoms with Crippen LogP contribution in [0.3, 0.4) is 0 Å². The van der Waals surface area contributed by atoms with Crippen molar-refractivity contribution < 1.29 is 14.5 Å². The van der Waals surface area contributed by atoms with E-state index in [9.17, 15) is 4.79 Å². The molecule has 0 spiro atoms. The van der Waals surface area contributed by atoms with E-state index in [1.54, 1.807) is 0 Å². The summed E-state index contributed by atoms with van der Waals surface area (Å²) in [4.78, 5) is 19.8. The maximum absolute atomic E-state index is 11.9. The number of rotatable bonds is 2. The third-order valence-electron chi connectivity index (χ3n) is 3.89. The van der Waals surface area contributed by atoms with Gasteiger partial charge in [0, 0.05) is 29.1 Å². The van der Waals surface area contributed by atoms with E-state index in [0.717, 1.165) is 29.7 Å². The Morgan fingerprint density at radius 3 is 2.57 bits per heavy atom. The number of H-pyrrole nitrogens is 1. The summed E-state index contributed by atoms with van der Waals surface area (Å²) >= 11 is 0. The summed E-state index contributed by atoms with van der Waals surface area (Å²) in [5, 5.41) is 0. The van der Waals surface area contributed by atoms with Crippen molar-refractivity contribution in [3.8, 4) is 0 Å². The second kappa shape index (κ2) is 6.94. The van der Waals surface area contributed by atoms with Crippen molar-refractivity contribution in [2.45, 2.75) is 45.6 Å². The number of carbonyl (C=O) groups is 1. The van der Waals surface area contributed by atoms with E-state index in [0.29, 0.717) is 12.1 Å². The highest BCUT2D eigenvalue weighted by Crippen LogP contribution is 2.32. The summed E-state index contributed by atoms with van der Waals surface area (Å²) in [6.07, 6.45) is 5.74. The molecule has 1 heterocycles. The van der Waals surface area contributed by atoms with Gasteiger partial charge in [0.1, 0.15) is 0 Å². The van der Waals surface area contributed by atoms with Crippen LogP contribution in [-0.2, 0) is 9.53 Å². The molecule has 0 aromatic carbocycles. The lowest BCUT2D eigenvalue weighted by Crippen LogP contribution is -2.28. The standard InChI is InChI=1S/C18H25N3O2/c1-18(2,3)21-15-6-5-13(17(22)23-4)11-14(15)16(19)12-7-9-20-10-8-12/h7-10,13H,5-6,11,19H2,1-4H3/p+1. The van der Waals surface area contributed by atoms with Gasteiger partial charge in [-0.1, -0.05) is 0 Å². The minimum Gasteiger partial charge on any atom is -0.469 e. The Balaban J connectivity index is 2.46. The van der Waals surface area contributed by atoms with Crippen LogP contribution in [0.1, 0.15) is 45.6 Å². The predicted molar refractivity (Wildman–Crippen MR) is 90.7 cm³/mol. The maximum atomic E-state index is 11.9. The smallest absolute Gasteiger partial charge is 0.309 e. The summed E-state index contributed by atoms with van der Waals surface area (Å²) < 4.78 is 4.91. The normalized spacial score (nSPS) is 22.8. The van der Waals surface area contributed by atoms with Crippen LogP contribution < -0.4 is 10.7 Å². The van der Waals surface area contributed by atoms with E-state index >= 15 is 0 Å². The molecular weight excluding hydrogens is 290 g/mol. The molecule has 1 aliphatic carbocycles. The lowest BCUT2D eigenvalue weighted by molar-refractivity contribution is -0.378. The fourth-order valence-electron chi connectivity index (χ4n) is 2.83. The Morgan fingerprint density at radius 1 is 1.35 bits per heavy atom. The van der Waals surface area contributed by atoms with Gasteiger partial charge in [0.25, 0.3) is 0 Å². The number of aromatic amines is 1. The van der Waals surface area contributed by atoms with Crippen LogP contribution in [0.15, 0.2) is 35.1 Å². The molecule has 0 amide bonds. The molecule has 1 unspecified atom stereocenters. The number of nitrogens with two attached hydrogens (primary N) is 1. The van der Waals surface area contributed by atoms with Crippen molar-refractivity contribution in [1.29, 1.82) is 0 Å². The number of aromatic nitrogens is 1. The van der Waals surface area contributed by atoms with Crippen LogP contribution in [-0.4, -0.2) is 24.3 Å².